The molecule has 5 heteroatoms. The molecule has 0 atom stereocenters. The molecule has 0 aliphatic heterocycles. The molecule has 0 aliphatic carbocycles. The number of amides is 1. The van der Waals surface area contributed by atoms with Crippen molar-refractivity contribution in [3.63, 3.8) is 0 Å². The van der Waals surface area contributed by atoms with E-state index in [9.17, 15) is 4.79 Å². The molecule has 0 unspecified atom stereocenters. The second kappa shape index (κ2) is 8.52. The monoisotopic (exact) mass is 292 g/mol. The first-order valence-corrected chi connectivity index (χ1v) is 7.57. The summed E-state index contributed by atoms with van der Waals surface area (Å²) in [6.45, 7) is 8.41. The molecular formula is C16H28N4O. The molecule has 1 aromatic carbocycles. The zero-order valence-corrected chi connectivity index (χ0v) is 13.6. The Morgan fingerprint density at radius 3 is 2.48 bits per heavy atom. The molecule has 0 aliphatic rings. The number of benzene rings is 1. The Kier molecular flexibility index (Phi) is 7.02. The predicted molar refractivity (Wildman–Crippen MR) is 89.8 cm³/mol. The first-order chi connectivity index (χ1) is 9.99. The van der Waals surface area contributed by atoms with Crippen molar-refractivity contribution in [1.82, 2.24) is 9.80 Å². The van der Waals surface area contributed by atoms with Crippen LogP contribution in [0.5, 0.6) is 0 Å². The highest BCUT2D eigenvalue weighted by molar-refractivity contribution is 5.95. The highest BCUT2D eigenvalue weighted by Gasteiger charge is 2.10. The summed E-state index contributed by atoms with van der Waals surface area (Å²) >= 11 is 0. The Labute approximate surface area is 128 Å². The number of carbonyl (C=O) groups excluding carboxylic acids is 1. The van der Waals surface area contributed by atoms with Crippen LogP contribution in [-0.4, -0.2) is 56.0 Å². The van der Waals surface area contributed by atoms with Gasteiger partial charge in [-0.05, 0) is 44.3 Å². The maximum atomic E-state index is 12.0. The molecule has 1 amide bonds. The van der Waals surface area contributed by atoms with Crippen molar-refractivity contribution >= 4 is 17.3 Å². The molecule has 0 aromatic heterocycles. The van der Waals surface area contributed by atoms with Gasteiger partial charge in [-0.15, -0.1) is 0 Å². The largest absolute Gasteiger partial charge is 0.397 e. The van der Waals surface area contributed by atoms with Gasteiger partial charge in [0.25, 0.3) is 5.91 Å². The van der Waals surface area contributed by atoms with E-state index in [1.54, 1.807) is 31.1 Å². The molecule has 0 heterocycles. The zero-order valence-electron chi connectivity index (χ0n) is 13.6. The van der Waals surface area contributed by atoms with E-state index in [-0.39, 0.29) is 5.91 Å². The number of anilines is 2. The van der Waals surface area contributed by atoms with Gasteiger partial charge in [0.05, 0.1) is 11.4 Å². The molecule has 0 radical (unpaired) electrons. The third-order valence-corrected chi connectivity index (χ3v) is 3.57. The second-order valence-corrected chi connectivity index (χ2v) is 5.31. The predicted octanol–water partition coefficient (Wildman–Crippen LogP) is 2.11. The fraction of sp³-hybridized carbons (Fsp3) is 0.562. The van der Waals surface area contributed by atoms with Crippen molar-refractivity contribution in [2.24, 2.45) is 0 Å². The van der Waals surface area contributed by atoms with E-state index in [0.717, 1.165) is 38.3 Å². The maximum absolute atomic E-state index is 12.0. The smallest absolute Gasteiger partial charge is 0.253 e. The third kappa shape index (κ3) is 5.27. The van der Waals surface area contributed by atoms with Crippen molar-refractivity contribution in [2.75, 3.05) is 51.3 Å². The summed E-state index contributed by atoms with van der Waals surface area (Å²) in [5, 5.41) is 3.33. The quantitative estimate of drug-likeness (QED) is 0.569. The Bertz CT molecular complexity index is 456. The number of nitrogens with zero attached hydrogens (tertiary/aromatic N) is 2. The van der Waals surface area contributed by atoms with Crippen molar-refractivity contribution in [3.05, 3.63) is 23.8 Å². The highest BCUT2D eigenvalue weighted by atomic mass is 16.2. The molecule has 1 rings (SSSR count). The first-order valence-electron chi connectivity index (χ1n) is 7.57. The lowest BCUT2D eigenvalue weighted by Gasteiger charge is -2.18. The number of hydrogen-bond acceptors (Lipinski definition) is 4. The highest BCUT2D eigenvalue weighted by Crippen LogP contribution is 2.20. The molecule has 5 nitrogen and oxygen atoms in total. The van der Waals surface area contributed by atoms with Gasteiger partial charge in [-0.3, -0.25) is 4.79 Å². The Hall–Kier alpha value is -1.75. The number of nitrogens with one attached hydrogen (secondary N) is 1. The molecule has 0 fully saturated rings. The van der Waals surface area contributed by atoms with Crippen LogP contribution in [0.25, 0.3) is 0 Å². The van der Waals surface area contributed by atoms with Gasteiger partial charge in [-0.1, -0.05) is 13.8 Å². The minimum absolute atomic E-state index is 0.0128. The third-order valence-electron chi connectivity index (χ3n) is 3.57. The number of rotatable bonds is 8. The van der Waals surface area contributed by atoms with Gasteiger partial charge in [-0.2, -0.15) is 0 Å². The summed E-state index contributed by atoms with van der Waals surface area (Å²) in [6, 6.07) is 5.37. The minimum atomic E-state index is -0.0128. The Morgan fingerprint density at radius 2 is 1.90 bits per heavy atom. The lowest BCUT2D eigenvalue weighted by molar-refractivity contribution is 0.0827. The maximum Gasteiger partial charge on any atom is 0.253 e. The minimum Gasteiger partial charge on any atom is -0.397 e. The summed E-state index contributed by atoms with van der Waals surface area (Å²) in [5.74, 6) is -0.0128. The van der Waals surface area contributed by atoms with E-state index in [1.807, 2.05) is 6.07 Å². The van der Waals surface area contributed by atoms with Crippen LogP contribution in [0.1, 0.15) is 30.6 Å². The SMILES string of the molecule is CCN(CC)CCCNc1cc(C(=O)N(C)C)ccc1N. The summed E-state index contributed by atoms with van der Waals surface area (Å²) in [7, 11) is 3.49. The lowest BCUT2D eigenvalue weighted by atomic mass is 10.1. The average molecular weight is 292 g/mol. The molecule has 0 spiro atoms. The zero-order chi connectivity index (χ0) is 15.8. The van der Waals surface area contributed by atoms with E-state index in [1.165, 1.54) is 0 Å². The molecule has 1 aromatic rings. The van der Waals surface area contributed by atoms with Crippen molar-refractivity contribution in [3.8, 4) is 0 Å². The lowest BCUT2D eigenvalue weighted by Crippen LogP contribution is -2.25. The van der Waals surface area contributed by atoms with Crippen LogP contribution in [-0.2, 0) is 0 Å². The molecular weight excluding hydrogens is 264 g/mol. The van der Waals surface area contributed by atoms with Crippen molar-refractivity contribution in [2.45, 2.75) is 20.3 Å². The molecule has 118 valence electrons. The fourth-order valence-electron chi connectivity index (χ4n) is 2.17. The first kappa shape index (κ1) is 17.3. The van der Waals surface area contributed by atoms with E-state index < -0.39 is 0 Å². The van der Waals surface area contributed by atoms with Gasteiger partial charge < -0.3 is 20.9 Å². The van der Waals surface area contributed by atoms with Crippen LogP contribution in [0.4, 0.5) is 11.4 Å². The van der Waals surface area contributed by atoms with Crippen LogP contribution in [0.2, 0.25) is 0 Å². The van der Waals surface area contributed by atoms with Gasteiger partial charge in [0, 0.05) is 26.2 Å². The second-order valence-electron chi connectivity index (χ2n) is 5.31. The van der Waals surface area contributed by atoms with Crippen LogP contribution >= 0.6 is 0 Å². The standard InChI is InChI=1S/C16H28N4O/c1-5-20(6-2)11-7-10-18-15-12-13(8-9-14(15)17)16(21)19(3)4/h8-9,12,18H,5-7,10-11,17H2,1-4H3. The number of carbonyl (C=O) groups is 1. The molecule has 0 saturated heterocycles. The molecule has 0 bridgehead atoms. The molecule has 3 N–H and O–H groups in total. The normalized spacial score (nSPS) is 10.7. The van der Waals surface area contributed by atoms with Crippen LogP contribution in [0.3, 0.4) is 0 Å². The molecule has 0 saturated carbocycles. The number of nitrogen functional groups attached to an aromatic ring is 1. The Balaban J connectivity index is 2.58. The fourth-order valence-corrected chi connectivity index (χ4v) is 2.17. The summed E-state index contributed by atoms with van der Waals surface area (Å²) in [4.78, 5) is 15.9. The van der Waals surface area contributed by atoms with Gasteiger partial charge in [0.15, 0.2) is 0 Å². The number of hydrogen-bond donors (Lipinski definition) is 2. The van der Waals surface area contributed by atoms with E-state index >= 15 is 0 Å². The van der Waals surface area contributed by atoms with Crippen molar-refractivity contribution < 1.29 is 4.79 Å². The topological polar surface area (TPSA) is 61.6 Å². The van der Waals surface area contributed by atoms with E-state index in [4.69, 9.17) is 5.73 Å². The van der Waals surface area contributed by atoms with Gasteiger partial charge in [-0.25, -0.2) is 0 Å². The number of nitrogens with two attached hydrogens (primary N) is 1. The summed E-state index contributed by atoms with van der Waals surface area (Å²) in [6.07, 6.45) is 1.05. The van der Waals surface area contributed by atoms with Crippen LogP contribution in [0, 0.1) is 0 Å². The van der Waals surface area contributed by atoms with Gasteiger partial charge >= 0.3 is 0 Å². The summed E-state index contributed by atoms with van der Waals surface area (Å²) < 4.78 is 0. The van der Waals surface area contributed by atoms with Crippen molar-refractivity contribution in [1.29, 1.82) is 0 Å². The Morgan fingerprint density at radius 1 is 1.24 bits per heavy atom. The average Bonchev–Trinajstić information content (AvgIpc) is 2.48. The summed E-state index contributed by atoms with van der Waals surface area (Å²) in [5.41, 5.74) is 8.13. The van der Waals surface area contributed by atoms with Gasteiger partial charge in [0.1, 0.15) is 0 Å². The molecule has 21 heavy (non-hydrogen) atoms. The van der Waals surface area contributed by atoms with E-state index in [2.05, 4.69) is 24.1 Å². The van der Waals surface area contributed by atoms with E-state index in [0.29, 0.717) is 11.3 Å². The van der Waals surface area contributed by atoms with Crippen LogP contribution < -0.4 is 11.1 Å². The van der Waals surface area contributed by atoms with Crippen LogP contribution in [0.15, 0.2) is 18.2 Å². The van der Waals surface area contributed by atoms with Gasteiger partial charge in [0.2, 0.25) is 0 Å².